The molecule has 0 amide bonds. The Morgan fingerprint density at radius 1 is 1.47 bits per heavy atom. The van der Waals surface area contributed by atoms with Gasteiger partial charge in [-0.25, -0.2) is 9.78 Å². The summed E-state index contributed by atoms with van der Waals surface area (Å²) in [6.07, 6.45) is 0. The highest BCUT2D eigenvalue weighted by Gasteiger charge is 2.16. The highest BCUT2D eigenvalue weighted by atomic mass is 35.5. The zero-order valence-corrected chi connectivity index (χ0v) is 11.9. The number of nitrogens with one attached hydrogen (secondary N) is 1. The molecule has 4 N–H and O–H groups in total. The summed E-state index contributed by atoms with van der Waals surface area (Å²) in [5.41, 5.74) is 7.13. The van der Waals surface area contributed by atoms with Gasteiger partial charge in [0.25, 0.3) is 0 Å². The molecule has 1 heterocycles. The summed E-state index contributed by atoms with van der Waals surface area (Å²) in [5, 5.41) is 13.0. The van der Waals surface area contributed by atoms with Crippen LogP contribution >= 0.6 is 22.9 Å². The molecule has 0 radical (unpaired) electrons. The number of anilines is 3. The molecule has 7 heteroatoms. The predicted molar refractivity (Wildman–Crippen MR) is 77.7 cm³/mol. The third-order valence-electron chi connectivity index (χ3n) is 2.60. The van der Waals surface area contributed by atoms with Crippen LogP contribution in [-0.2, 0) is 0 Å². The number of aromatic nitrogens is 1. The smallest absolute Gasteiger partial charge is 0.337 e. The lowest BCUT2D eigenvalue weighted by molar-refractivity contribution is 0.0698. The molecule has 2 rings (SSSR count). The van der Waals surface area contributed by atoms with Crippen LogP contribution in [0.4, 0.5) is 16.5 Å². The lowest BCUT2D eigenvalue weighted by atomic mass is 10.1. The van der Waals surface area contributed by atoms with E-state index in [0.717, 1.165) is 10.6 Å². The van der Waals surface area contributed by atoms with E-state index in [0.29, 0.717) is 16.5 Å². The van der Waals surface area contributed by atoms with E-state index < -0.39 is 5.97 Å². The highest BCUT2D eigenvalue weighted by Crippen LogP contribution is 2.33. The number of nitrogens with two attached hydrogens (primary N) is 1. The van der Waals surface area contributed by atoms with E-state index in [9.17, 15) is 9.90 Å². The maximum absolute atomic E-state index is 11.2. The minimum absolute atomic E-state index is 0.0236. The van der Waals surface area contributed by atoms with E-state index in [-0.39, 0.29) is 10.6 Å². The summed E-state index contributed by atoms with van der Waals surface area (Å²) in [7, 11) is 0. The average Bonchev–Trinajstić information content (AvgIpc) is 2.61. The number of nitrogens with zero attached hydrogens (tertiary/aromatic N) is 1. The van der Waals surface area contributed by atoms with Crippen molar-refractivity contribution in [3.05, 3.63) is 33.3 Å². The Labute approximate surface area is 119 Å². The van der Waals surface area contributed by atoms with Crippen LogP contribution in [0, 0.1) is 13.8 Å². The van der Waals surface area contributed by atoms with Crippen molar-refractivity contribution in [3.8, 4) is 0 Å². The summed E-state index contributed by atoms with van der Waals surface area (Å²) < 4.78 is 0. The first-order valence-electron chi connectivity index (χ1n) is 5.42. The molecule has 1 aromatic heterocycles. The van der Waals surface area contributed by atoms with Gasteiger partial charge in [-0.05, 0) is 26.0 Å². The third kappa shape index (κ3) is 2.80. The largest absolute Gasteiger partial charge is 0.478 e. The molecular weight excluding hydrogens is 286 g/mol. The van der Waals surface area contributed by atoms with Crippen LogP contribution in [0.1, 0.15) is 20.9 Å². The molecule has 0 aliphatic carbocycles. The van der Waals surface area contributed by atoms with Gasteiger partial charge in [0.15, 0.2) is 5.13 Å². The topological polar surface area (TPSA) is 88.2 Å². The van der Waals surface area contributed by atoms with Crippen molar-refractivity contribution >= 4 is 45.4 Å². The number of rotatable bonds is 3. The number of halogens is 1. The Kier molecular flexibility index (Phi) is 3.64. The number of carboxylic acid groups (broad SMARTS) is 1. The molecule has 1 aromatic carbocycles. The molecule has 0 saturated carbocycles. The van der Waals surface area contributed by atoms with Crippen LogP contribution < -0.4 is 11.1 Å². The molecule has 0 aliphatic heterocycles. The predicted octanol–water partition coefficient (Wildman–Crippen LogP) is 3.44. The van der Waals surface area contributed by atoms with Gasteiger partial charge in [-0.3, -0.25) is 0 Å². The molecule has 0 aliphatic rings. The zero-order chi connectivity index (χ0) is 14.2. The first-order chi connectivity index (χ1) is 8.88. The fraction of sp³-hybridized carbons (Fsp3) is 0.167. The van der Waals surface area contributed by atoms with E-state index in [2.05, 4.69) is 10.3 Å². The molecule has 0 spiro atoms. The van der Waals surface area contributed by atoms with E-state index in [1.165, 1.54) is 23.5 Å². The van der Waals surface area contributed by atoms with Gasteiger partial charge in [0.05, 0.1) is 22.0 Å². The van der Waals surface area contributed by atoms with Crippen molar-refractivity contribution in [1.82, 2.24) is 4.98 Å². The van der Waals surface area contributed by atoms with Crippen LogP contribution in [0.5, 0.6) is 0 Å². The number of carboxylic acids is 1. The lowest BCUT2D eigenvalue weighted by Crippen LogP contribution is -2.04. The van der Waals surface area contributed by atoms with Crippen molar-refractivity contribution in [3.63, 3.8) is 0 Å². The van der Waals surface area contributed by atoms with Crippen LogP contribution in [0.15, 0.2) is 12.1 Å². The van der Waals surface area contributed by atoms with E-state index in [1.54, 1.807) is 0 Å². The minimum Gasteiger partial charge on any atom is -0.478 e. The lowest BCUT2D eigenvalue weighted by Gasteiger charge is -2.10. The van der Waals surface area contributed by atoms with Crippen molar-refractivity contribution < 1.29 is 9.90 Å². The second kappa shape index (κ2) is 5.07. The van der Waals surface area contributed by atoms with Gasteiger partial charge in [-0.1, -0.05) is 11.6 Å². The number of hydrogen-bond donors (Lipinski definition) is 3. The first-order valence-corrected chi connectivity index (χ1v) is 6.61. The Balaban J connectivity index is 2.47. The third-order valence-corrected chi connectivity index (χ3v) is 3.89. The van der Waals surface area contributed by atoms with Crippen molar-refractivity contribution in [2.24, 2.45) is 0 Å². The first kappa shape index (κ1) is 13.6. The number of nitrogen functional groups attached to an aromatic ring is 1. The fourth-order valence-corrected chi connectivity index (χ4v) is 2.65. The normalized spacial score (nSPS) is 10.5. The molecule has 0 saturated heterocycles. The summed E-state index contributed by atoms with van der Waals surface area (Å²) >= 11 is 7.48. The number of thiazole rings is 1. The fourth-order valence-electron chi connectivity index (χ4n) is 1.56. The van der Waals surface area contributed by atoms with Crippen LogP contribution in [0.25, 0.3) is 0 Å². The molecule has 100 valence electrons. The number of hydrogen-bond acceptors (Lipinski definition) is 5. The maximum Gasteiger partial charge on any atom is 0.337 e. The molecule has 0 fully saturated rings. The van der Waals surface area contributed by atoms with Crippen molar-refractivity contribution in [2.75, 3.05) is 11.1 Å². The number of benzene rings is 1. The van der Waals surface area contributed by atoms with Gasteiger partial charge < -0.3 is 16.2 Å². The maximum atomic E-state index is 11.2. The van der Waals surface area contributed by atoms with Gasteiger partial charge in [-0.15, -0.1) is 11.3 Å². The Morgan fingerprint density at radius 3 is 2.68 bits per heavy atom. The Morgan fingerprint density at radius 2 is 2.16 bits per heavy atom. The van der Waals surface area contributed by atoms with Crippen molar-refractivity contribution in [2.45, 2.75) is 13.8 Å². The van der Waals surface area contributed by atoms with Crippen LogP contribution in [0.2, 0.25) is 5.02 Å². The highest BCUT2D eigenvalue weighted by molar-refractivity contribution is 7.15. The van der Waals surface area contributed by atoms with Gasteiger partial charge in [0, 0.05) is 10.6 Å². The molecule has 0 atom stereocenters. The molecule has 19 heavy (non-hydrogen) atoms. The van der Waals surface area contributed by atoms with E-state index in [1.807, 2.05) is 13.8 Å². The second-order valence-electron chi connectivity index (χ2n) is 4.02. The van der Waals surface area contributed by atoms with Gasteiger partial charge in [0.2, 0.25) is 0 Å². The Bertz CT molecular complexity index is 635. The van der Waals surface area contributed by atoms with Crippen LogP contribution in [-0.4, -0.2) is 16.1 Å². The monoisotopic (exact) mass is 297 g/mol. The second-order valence-corrected chi connectivity index (χ2v) is 5.63. The molecule has 2 aromatic rings. The van der Waals surface area contributed by atoms with Crippen molar-refractivity contribution in [1.29, 1.82) is 0 Å². The summed E-state index contributed by atoms with van der Waals surface area (Å²) in [6, 6.07) is 2.87. The van der Waals surface area contributed by atoms with Gasteiger partial charge in [0.1, 0.15) is 0 Å². The van der Waals surface area contributed by atoms with Gasteiger partial charge in [-0.2, -0.15) is 0 Å². The summed E-state index contributed by atoms with van der Waals surface area (Å²) in [4.78, 5) is 16.6. The molecule has 0 bridgehead atoms. The zero-order valence-electron chi connectivity index (χ0n) is 10.3. The van der Waals surface area contributed by atoms with E-state index in [4.69, 9.17) is 17.3 Å². The quantitative estimate of drug-likeness (QED) is 0.755. The standard InChI is InChI=1S/C12H12ClN3O2S/c1-5-6(2)19-12(15-5)16-10-8(11(17)18)3-7(14)4-9(10)13/h3-4H,14H2,1-2H3,(H,15,16)(H,17,18). The number of aryl methyl sites for hydroxylation is 2. The minimum atomic E-state index is -1.10. The summed E-state index contributed by atoms with van der Waals surface area (Å²) in [5.74, 6) is -1.10. The number of aromatic carboxylic acids is 1. The van der Waals surface area contributed by atoms with Gasteiger partial charge >= 0.3 is 5.97 Å². The molecule has 0 unspecified atom stereocenters. The molecule has 5 nitrogen and oxygen atoms in total. The molecular formula is C12H12ClN3O2S. The Hall–Kier alpha value is -1.79. The SMILES string of the molecule is Cc1nc(Nc2c(Cl)cc(N)cc2C(=O)O)sc1C. The van der Waals surface area contributed by atoms with E-state index >= 15 is 0 Å². The van der Waals surface area contributed by atoms with Crippen LogP contribution in [0.3, 0.4) is 0 Å². The average molecular weight is 298 g/mol. The number of carbonyl (C=O) groups is 1. The summed E-state index contributed by atoms with van der Waals surface area (Å²) in [6.45, 7) is 3.83.